The Labute approximate surface area is 175 Å². The van der Waals surface area contributed by atoms with Crippen LogP contribution in [0.15, 0.2) is 53.1 Å². The Balaban J connectivity index is 1.46. The second-order valence-corrected chi connectivity index (χ2v) is 7.05. The van der Waals surface area contributed by atoms with Crippen LogP contribution in [-0.4, -0.2) is 23.5 Å². The highest BCUT2D eigenvalue weighted by atomic mass is 16.5. The maximum atomic E-state index is 12.2. The highest BCUT2D eigenvalue weighted by molar-refractivity contribution is 5.98. The summed E-state index contributed by atoms with van der Waals surface area (Å²) in [5.74, 6) is 0.757. The number of esters is 1. The van der Waals surface area contributed by atoms with E-state index in [0.717, 1.165) is 34.6 Å². The third kappa shape index (κ3) is 5.56. The molecule has 0 saturated heterocycles. The quantitative estimate of drug-likeness (QED) is 0.386. The lowest BCUT2D eigenvalue weighted by molar-refractivity contribution is -0.141. The molecule has 0 unspecified atom stereocenters. The van der Waals surface area contributed by atoms with E-state index in [1.807, 2.05) is 26.0 Å². The lowest BCUT2D eigenvalue weighted by Gasteiger charge is -2.08. The van der Waals surface area contributed by atoms with Crippen molar-refractivity contribution in [3.8, 4) is 5.75 Å². The van der Waals surface area contributed by atoms with Crippen LogP contribution in [0.4, 0.5) is 0 Å². The van der Waals surface area contributed by atoms with Crippen LogP contribution in [0.25, 0.3) is 0 Å². The van der Waals surface area contributed by atoms with Gasteiger partial charge in [0.25, 0.3) is 0 Å². The summed E-state index contributed by atoms with van der Waals surface area (Å²) in [7, 11) is 0. The van der Waals surface area contributed by atoms with E-state index in [9.17, 15) is 9.59 Å². The Hall–Kier alpha value is -3.41. The summed E-state index contributed by atoms with van der Waals surface area (Å²) in [6.45, 7) is 5.87. The number of hydrogen-bond acceptors (Lipinski definition) is 6. The van der Waals surface area contributed by atoms with E-state index in [0.29, 0.717) is 17.9 Å². The van der Waals surface area contributed by atoms with E-state index in [4.69, 9.17) is 14.0 Å². The molecule has 0 fully saturated rings. The fourth-order valence-electron chi connectivity index (χ4n) is 2.94. The maximum Gasteiger partial charge on any atom is 0.310 e. The standard InChI is InChI=1S/C24H25NO5/c1-4-18-5-9-20(10-6-18)23(26)15-29-24(27)13-19-7-11-21(12-8-19)28-14-22-16(2)25-30-17(22)3/h5-12H,4,13-15H2,1-3H3. The average Bonchev–Trinajstić information content (AvgIpc) is 3.09. The Morgan fingerprint density at radius 2 is 1.63 bits per heavy atom. The molecular weight excluding hydrogens is 382 g/mol. The van der Waals surface area contributed by atoms with Crippen molar-refractivity contribution < 1.29 is 23.6 Å². The van der Waals surface area contributed by atoms with E-state index in [-0.39, 0.29) is 18.8 Å². The zero-order valence-corrected chi connectivity index (χ0v) is 17.4. The van der Waals surface area contributed by atoms with Crippen molar-refractivity contribution in [2.45, 2.75) is 40.2 Å². The summed E-state index contributed by atoms with van der Waals surface area (Å²) in [6.07, 6.45) is 0.999. The molecule has 0 atom stereocenters. The predicted octanol–water partition coefficient (Wildman–Crippen LogP) is 4.40. The molecule has 0 saturated carbocycles. The van der Waals surface area contributed by atoms with Crippen LogP contribution in [-0.2, 0) is 29.0 Å². The molecular formula is C24H25NO5. The molecule has 0 radical (unpaired) electrons. The Morgan fingerprint density at radius 3 is 2.23 bits per heavy atom. The molecule has 0 spiro atoms. The number of ether oxygens (including phenoxy) is 2. The number of aromatic nitrogens is 1. The Kier molecular flexibility index (Phi) is 7.01. The van der Waals surface area contributed by atoms with Crippen LogP contribution in [0.3, 0.4) is 0 Å². The van der Waals surface area contributed by atoms with Gasteiger partial charge in [0, 0.05) is 5.56 Å². The largest absolute Gasteiger partial charge is 0.489 e. The van der Waals surface area contributed by atoms with Crippen LogP contribution in [0, 0.1) is 13.8 Å². The molecule has 0 aliphatic heterocycles. The minimum Gasteiger partial charge on any atom is -0.489 e. The molecule has 0 amide bonds. The molecule has 1 aromatic heterocycles. The van der Waals surface area contributed by atoms with Gasteiger partial charge in [-0.05, 0) is 43.5 Å². The first-order valence-corrected chi connectivity index (χ1v) is 9.87. The van der Waals surface area contributed by atoms with Crippen LogP contribution in [0.1, 0.15) is 45.4 Å². The van der Waals surface area contributed by atoms with Crippen molar-refractivity contribution in [1.82, 2.24) is 5.16 Å². The third-order valence-electron chi connectivity index (χ3n) is 4.88. The molecule has 6 nitrogen and oxygen atoms in total. The minimum absolute atomic E-state index is 0.0895. The van der Waals surface area contributed by atoms with E-state index < -0.39 is 5.97 Å². The molecule has 3 rings (SSSR count). The summed E-state index contributed by atoms with van der Waals surface area (Å²) in [4.78, 5) is 24.2. The van der Waals surface area contributed by atoms with Gasteiger partial charge in [-0.25, -0.2) is 0 Å². The number of carbonyl (C=O) groups is 2. The average molecular weight is 407 g/mol. The van der Waals surface area contributed by atoms with Crippen molar-refractivity contribution in [3.05, 3.63) is 82.2 Å². The van der Waals surface area contributed by atoms with Gasteiger partial charge in [0.2, 0.25) is 0 Å². The molecule has 1 heterocycles. The van der Waals surface area contributed by atoms with E-state index in [1.54, 1.807) is 36.4 Å². The molecule has 0 aliphatic carbocycles. The first-order valence-electron chi connectivity index (χ1n) is 9.87. The summed E-state index contributed by atoms with van der Waals surface area (Å²) in [5, 5.41) is 3.90. The fraction of sp³-hybridized carbons (Fsp3) is 0.292. The minimum atomic E-state index is -0.446. The van der Waals surface area contributed by atoms with Crippen molar-refractivity contribution in [2.75, 3.05) is 6.61 Å². The number of benzene rings is 2. The summed E-state index contributed by atoms with van der Waals surface area (Å²) in [5.41, 5.74) is 4.21. The monoisotopic (exact) mass is 407 g/mol. The Morgan fingerprint density at radius 1 is 0.967 bits per heavy atom. The molecule has 2 aromatic carbocycles. The van der Waals surface area contributed by atoms with Gasteiger partial charge >= 0.3 is 5.97 Å². The lowest BCUT2D eigenvalue weighted by atomic mass is 10.1. The first-order chi connectivity index (χ1) is 14.5. The number of hydrogen-bond donors (Lipinski definition) is 0. The third-order valence-corrected chi connectivity index (χ3v) is 4.88. The number of aryl methyl sites for hydroxylation is 3. The molecule has 0 bridgehead atoms. The van der Waals surface area contributed by atoms with Crippen molar-refractivity contribution in [3.63, 3.8) is 0 Å². The van der Waals surface area contributed by atoms with Crippen molar-refractivity contribution in [1.29, 1.82) is 0 Å². The fourth-order valence-corrected chi connectivity index (χ4v) is 2.94. The van der Waals surface area contributed by atoms with Crippen LogP contribution in [0.2, 0.25) is 0 Å². The van der Waals surface area contributed by atoms with Crippen LogP contribution >= 0.6 is 0 Å². The lowest BCUT2D eigenvalue weighted by Crippen LogP contribution is -2.15. The predicted molar refractivity (Wildman–Crippen MR) is 112 cm³/mol. The number of Topliss-reactive ketones (excluding diaryl/α,β-unsaturated/α-hetero) is 1. The number of carbonyl (C=O) groups excluding carboxylic acids is 2. The molecule has 156 valence electrons. The number of ketones is 1. The van der Waals surface area contributed by atoms with Gasteiger partial charge in [-0.15, -0.1) is 0 Å². The SMILES string of the molecule is CCc1ccc(C(=O)COC(=O)Cc2ccc(OCc3c(C)noc3C)cc2)cc1. The number of nitrogens with zero attached hydrogens (tertiary/aromatic N) is 1. The van der Waals surface area contributed by atoms with E-state index >= 15 is 0 Å². The number of rotatable bonds is 9. The second kappa shape index (κ2) is 9.87. The topological polar surface area (TPSA) is 78.6 Å². The molecule has 0 aliphatic rings. The van der Waals surface area contributed by atoms with Crippen LogP contribution in [0.5, 0.6) is 5.75 Å². The highest BCUT2D eigenvalue weighted by Gasteiger charge is 2.12. The summed E-state index contributed by atoms with van der Waals surface area (Å²) >= 11 is 0. The summed E-state index contributed by atoms with van der Waals surface area (Å²) < 4.78 is 16.0. The van der Waals surface area contributed by atoms with Gasteiger partial charge in [-0.3, -0.25) is 9.59 Å². The van der Waals surface area contributed by atoms with Crippen molar-refractivity contribution in [2.24, 2.45) is 0 Å². The Bertz CT molecular complexity index is 984. The van der Waals surface area contributed by atoms with Gasteiger partial charge in [0.1, 0.15) is 18.1 Å². The molecule has 0 N–H and O–H groups in total. The first kappa shape index (κ1) is 21.3. The maximum absolute atomic E-state index is 12.2. The van der Waals surface area contributed by atoms with Crippen LogP contribution < -0.4 is 4.74 Å². The van der Waals surface area contributed by atoms with Gasteiger partial charge < -0.3 is 14.0 Å². The molecule has 3 aromatic rings. The van der Waals surface area contributed by atoms with Gasteiger partial charge in [-0.1, -0.05) is 48.5 Å². The van der Waals surface area contributed by atoms with E-state index in [1.165, 1.54) is 0 Å². The molecule has 6 heteroatoms. The van der Waals surface area contributed by atoms with Gasteiger partial charge in [-0.2, -0.15) is 0 Å². The van der Waals surface area contributed by atoms with Gasteiger partial charge in [0.05, 0.1) is 17.7 Å². The van der Waals surface area contributed by atoms with E-state index in [2.05, 4.69) is 12.1 Å². The second-order valence-electron chi connectivity index (χ2n) is 7.05. The van der Waals surface area contributed by atoms with Gasteiger partial charge in [0.15, 0.2) is 12.4 Å². The zero-order valence-electron chi connectivity index (χ0n) is 17.4. The molecule has 30 heavy (non-hydrogen) atoms. The zero-order chi connectivity index (χ0) is 21.5. The normalized spacial score (nSPS) is 10.6. The smallest absolute Gasteiger partial charge is 0.310 e. The highest BCUT2D eigenvalue weighted by Crippen LogP contribution is 2.18. The van der Waals surface area contributed by atoms with Crippen molar-refractivity contribution >= 4 is 11.8 Å². The summed E-state index contributed by atoms with van der Waals surface area (Å²) in [6, 6.07) is 14.5.